The van der Waals surface area contributed by atoms with Gasteiger partial charge in [0.05, 0.1) is 34.2 Å². The molecule has 4 aromatic rings. The fourth-order valence-corrected chi connectivity index (χ4v) is 6.35. The average molecular weight is 681 g/mol. The van der Waals surface area contributed by atoms with Crippen molar-refractivity contribution in [2.24, 2.45) is 0 Å². The van der Waals surface area contributed by atoms with Gasteiger partial charge in [-0.1, -0.05) is 41.4 Å². The molecule has 0 aliphatic carbocycles. The second-order valence-corrected chi connectivity index (χ2v) is 12.3. The van der Waals surface area contributed by atoms with Crippen molar-refractivity contribution in [3.05, 3.63) is 81.8 Å². The summed E-state index contributed by atoms with van der Waals surface area (Å²) in [4.78, 5) is 25.0. The van der Waals surface area contributed by atoms with Crippen LogP contribution in [-0.4, -0.2) is 59.8 Å². The van der Waals surface area contributed by atoms with Crippen LogP contribution in [0.4, 0.5) is 15.9 Å². The summed E-state index contributed by atoms with van der Waals surface area (Å²) in [5.74, 6) is 0.172. The highest BCUT2D eigenvalue weighted by Gasteiger charge is 2.22. The Balaban J connectivity index is 1.19. The summed E-state index contributed by atoms with van der Waals surface area (Å²) in [6.45, 7) is 2.98. The van der Waals surface area contributed by atoms with E-state index in [4.69, 9.17) is 37.7 Å². The van der Waals surface area contributed by atoms with Crippen LogP contribution in [0.15, 0.2) is 54.9 Å². The summed E-state index contributed by atoms with van der Waals surface area (Å²) >= 11 is 13.8. The van der Waals surface area contributed by atoms with Crippen LogP contribution in [0.2, 0.25) is 10.0 Å². The zero-order valence-electron chi connectivity index (χ0n) is 25.9. The SMILES string of the molecule is COc1nc(-c2ccnc(-c3cccc(Nc4nccc(CNC5CCOCC5)c4F)c3Cl)c2Cl)ccc1CNCC1CCC(=O)N1. The monoisotopic (exact) mass is 679 g/mol. The van der Waals surface area contributed by atoms with E-state index in [1.165, 1.54) is 0 Å². The minimum absolute atomic E-state index is 0.0713. The maximum Gasteiger partial charge on any atom is 0.220 e. The summed E-state index contributed by atoms with van der Waals surface area (Å²) in [5.41, 5.74) is 4.10. The molecular weight excluding hydrogens is 644 g/mol. The number of nitrogens with zero attached hydrogens (tertiary/aromatic N) is 3. The second-order valence-electron chi connectivity index (χ2n) is 11.5. The van der Waals surface area contributed by atoms with E-state index >= 15 is 4.39 Å². The molecule has 10 nitrogen and oxygen atoms in total. The molecule has 2 fully saturated rings. The molecule has 1 amide bonds. The Morgan fingerprint density at radius 3 is 2.60 bits per heavy atom. The topological polar surface area (TPSA) is 122 Å². The maximum atomic E-state index is 15.5. The van der Waals surface area contributed by atoms with Gasteiger partial charge in [-0.05, 0) is 43.5 Å². The lowest BCUT2D eigenvalue weighted by molar-refractivity contribution is -0.119. The van der Waals surface area contributed by atoms with Crippen molar-refractivity contribution in [3.63, 3.8) is 0 Å². The number of rotatable bonds is 12. The van der Waals surface area contributed by atoms with Gasteiger partial charge in [-0.15, -0.1) is 0 Å². The largest absolute Gasteiger partial charge is 0.481 e. The van der Waals surface area contributed by atoms with Crippen molar-refractivity contribution in [2.75, 3.05) is 32.2 Å². The Kier molecular flexibility index (Phi) is 10.8. The lowest BCUT2D eigenvalue weighted by Gasteiger charge is -2.23. The number of benzene rings is 1. The molecule has 6 rings (SSSR count). The van der Waals surface area contributed by atoms with E-state index in [-0.39, 0.29) is 23.8 Å². The third-order valence-corrected chi connectivity index (χ3v) is 9.16. The molecule has 0 saturated carbocycles. The number of carbonyl (C=O) groups excluding carboxylic acids is 1. The molecule has 0 spiro atoms. The number of anilines is 2. The number of methoxy groups -OCH3 is 1. The first-order chi connectivity index (χ1) is 22.9. The highest BCUT2D eigenvalue weighted by molar-refractivity contribution is 6.39. The van der Waals surface area contributed by atoms with E-state index in [1.54, 1.807) is 49.8 Å². The molecule has 2 saturated heterocycles. The fraction of sp³-hybridized carbons (Fsp3) is 0.353. The molecule has 1 unspecified atom stereocenters. The lowest BCUT2D eigenvalue weighted by atomic mass is 10.1. The number of hydrogen-bond donors (Lipinski definition) is 4. The third-order valence-electron chi connectivity index (χ3n) is 8.37. The molecule has 0 radical (unpaired) electrons. The summed E-state index contributed by atoms with van der Waals surface area (Å²) in [7, 11) is 1.57. The number of hydrogen-bond acceptors (Lipinski definition) is 9. The predicted molar refractivity (Wildman–Crippen MR) is 181 cm³/mol. The third kappa shape index (κ3) is 7.82. The molecule has 2 aliphatic rings. The summed E-state index contributed by atoms with van der Waals surface area (Å²) in [5, 5.41) is 13.5. The fourth-order valence-electron chi connectivity index (χ4n) is 5.77. The van der Waals surface area contributed by atoms with Gasteiger partial charge in [-0.3, -0.25) is 9.78 Å². The van der Waals surface area contributed by atoms with Crippen molar-refractivity contribution in [1.29, 1.82) is 0 Å². The summed E-state index contributed by atoms with van der Waals surface area (Å²) in [6, 6.07) is 13.0. The van der Waals surface area contributed by atoms with E-state index in [1.807, 2.05) is 12.1 Å². The molecule has 246 valence electrons. The molecule has 47 heavy (non-hydrogen) atoms. The van der Waals surface area contributed by atoms with Gasteiger partial charge in [0, 0.05) is 86.0 Å². The highest BCUT2D eigenvalue weighted by Crippen LogP contribution is 2.41. The van der Waals surface area contributed by atoms with Crippen LogP contribution in [0.1, 0.15) is 36.8 Å². The summed E-state index contributed by atoms with van der Waals surface area (Å²) in [6.07, 6.45) is 6.39. The average Bonchev–Trinajstić information content (AvgIpc) is 3.51. The number of carbonyl (C=O) groups is 1. The van der Waals surface area contributed by atoms with Crippen LogP contribution < -0.4 is 26.0 Å². The van der Waals surface area contributed by atoms with Crippen molar-refractivity contribution >= 4 is 40.6 Å². The summed E-state index contributed by atoms with van der Waals surface area (Å²) < 4.78 is 26.5. The van der Waals surface area contributed by atoms with Gasteiger partial charge in [0.2, 0.25) is 11.8 Å². The van der Waals surface area contributed by atoms with Gasteiger partial charge in [0.25, 0.3) is 0 Å². The number of halogens is 3. The van der Waals surface area contributed by atoms with Crippen LogP contribution in [0.5, 0.6) is 5.88 Å². The van der Waals surface area contributed by atoms with Gasteiger partial charge < -0.3 is 30.7 Å². The van der Waals surface area contributed by atoms with Crippen molar-refractivity contribution < 1.29 is 18.7 Å². The first kappa shape index (κ1) is 33.0. The predicted octanol–water partition coefficient (Wildman–Crippen LogP) is 6.04. The number of ether oxygens (including phenoxy) is 2. The van der Waals surface area contributed by atoms with Crippen LogP contribution in [0.25, 0.3) is 22.5 Å². The minimum atomic E-state index is -0.448. The number of amides is 1. The zero-order valence-corrected chi connectivity index (χ0v) is 27.4. The van der Waals surface area contributed by atoms with E-state index in [0.29, 0.717) is 89.0 Å². The minimum Gasteiger partial charge on any atom is -0.481 e. The van der Waals surface area contributed by atoms with Crippen LogP contribution in [-0.2, 0) is 22.6 Å². The number of nitrogens with one attached hydrogen (secondary N) is 4. The van der Waals surface area contributed by atoms with Crippen LogP contribution in [0, 0.1) is 5.82 Å². The zero-order chi connectivity index (χ0) is 32.8. The number of pyridine rings is 3. The van der Waals surface area contributed by atoms with E-state index < -0.39 is 5.82 Å². The van der Waals surface area contributed by atoms with Gasteiger partial charge in [-0.2, -0.15) is 0 Å². The van der Waals surface area contributed by atoms with E-state index in [0.717, 1.165) is 24.8 Å². The van der Waals surface area contributed by atoms with Crippen molar-refractivity contribution in [1.82, 2.24) is 30.9 Å². The van der Waals surface area contributed by atoms with Crippen molar-refractivity contribution in [3.8, 4) is 28.4 Å². The maximum absolute atomic E-state index is 15.5. The molecule has 13 heteroatoms. The Hall–Kier alpha value is -3.87. The lowest BCUT2D eigenvalue weighted by Crippen LogP contribution is -2.35. The second kappa shape index (κ2) is 15.4. The van der Waals surface area contributed by atoms with Crippen LogP contribution >= 0.6 is 23.2 Å². The highest BCUT2D eigenvalue weighted by atomic mass is 35.5. The van der Waals surface area contributed by atoms with Crippen molar-refractivity contribution in [2.45, 2.75) is 50.9 Å². The standard InChI is InChI=1S/C34H36Cl2FN7O3/c1-46-34-21(17-38-19-23-6-8-28(45)42-23)5-7-26(44-34)24-10-14-39-32(30(24)36)25-3-2-4-27(29(25)35)43-33-31(37)20(9-13-40-33)18-41-22-11-15-47-16-12-22/h2-5,7,9-10,13-14,22-23,38,41H,6,8,11-12,15-19H2,1H3,(H,40,43)(H,42,45). The first-order valence-corrected chi connectivity index (χ1v) is 16.4. The quantitative estimate of drug-likeness (QED) is 0.142. The molecule has 5 heterocycles. The smallest absolute Gasteiger partial charge is 0.220 e. The van der Waals surface area contributed by atoms with Crippen LogP contribution in [0.3, 0.4) is 0 Å². The Morgan fingerprint density at radius 2 is 1.81 bits per heavy atom. The number of aromatic nitrogens is 3. The van der Waals surface area contributed by atoms with E-state index in [9.17, 15) is 4.79 Å². The Morgan fingerprint density at radius 1 is 0.979 bits per heavy atom. The Bertz CT molecular complexity index is 1740. The molecule has 3 aromatic heterocycles. The molecular formula is C34H36Cl2FN7O3. The first-order valence-electron chi connectivity index (χ1n) is 15.6. The molecule has 1 aromatic carbocycles. The molecule has 1 atom stereocenters. The van der Waals surface area contributed by atoms with Gasteiger partial charge in [0.1, 0.15) is 0 Å². The molecule has 4 N–H and O–H groups in total. The normalized spacial score (nSPS) is 16.7. The molecule has 0 bridgehead atoms. The van der Waals surface area contributed by atoms with E-state index in [2.05, 4.69) is 31.2 Å². The van der Waals surface area contributed by atoms with Gasteiger partial charge in [-0.25, -0.2) is 14.4 Å². The Labute approximate surface area is 282 Å². The molecule has 2 aliphatic heterocycles. The van der Waals surface area contributed by atoms with Gasteiger partial charge >= 0.3 is 0 Å². The van der Waals surface area contributed by atoms with Gasteiger partial charge in [0.15, 0.2) is 11.6 Å².